The van der Waals surface area contributed by atoms with E-state index in [2.05, 4.69) is 40.4 Å². The van der Waals surface area contributed by atoms with E-state index >= 15 is 0 Å². The van der Waals surface area contributed by atoms with E-state index in [1.54, 1.807) is 12.1 Å². The minimum Gasteiger partial charge on any atom is -0.478 e. The molecule has 2 atom stereocenters. The van der Waals surface area contributed by atoms with Gasteiger partial charge in [-0.05, 0) is 53.4 Å². The molecule has 0 aromatic heterocycles. The summed E-state index contributed by atoms with van der Waals surface area (Å²) < 4.78 is 0.478. The molecule has 0 spiro atoms. The highest BCUT2D eigenvalue weighted by Crippen LogP contribution is 2.21. The van der Waals surface area contributed by atoms with Crippen molar-refractivity contribution in [1.29, 1.82) is 0 Å². The third-order valence-electron chi connectivity index (χ3n) is 3.28. The number of hydrogen-bond acceptors (Lipinski definition) is 2. The van der Waals surface area contributed by atoms with Gasteiger partial charge in [0.15, 0.2) is 0 Å². The third kappa shape index (κ3) is 5.75. The van der Waals surface area contributed by atoms with E-state index in [0.717, 1.165) is 12.8 Å². The number of aromatic carboxylic acids is 1. The van der Waals surface area contributed by atoms with E-state index in [4.69, 9.17) is 5.11 Å². The second kappa shape index (κ2) is 8.02. The number of benzene rings is 1. The SMILES string of the molecule is CCC(C)CC(C)NC(=O)Nc1ccc(Br)c(C(=O)O)c1. The zero-order chi connectivity index (χ0) is 16.0. The molecular weight excluding hydrogens is 336 g/mol. The van der Waals surface area contributed by atoms with E-state index in [-0.39, 0.29) is 17.6 Å². The third-order valence-corrected chi connectivity index (χ3v) is 3.98. The van der Waals surface area contributed by atoms with Crippen molar-refractivity contribution in [2.24, 2.45) is 5.92 Å². The molecule has 2 unspecified atom stereocenters. The maximum atomic E-state index is 11.9. The summed E-state index contributed by atoms with van der Waals surface area (Å²) >= 11 is 3.16. The fraction of sp³-hybridized carbons (Fsp3) is 0.467. The number of carbonyl (C=O) groups excluding carboxylic acids is 1. The van der Waals surface area contributed by atoms with Crippen LogP contribution in [0.5, 0.6) is 0 Å². The van der Waals surface area contributed by atoms with Crippen molar-refractivity contribution in [3.63, 3.8) is 0 Å². The van der Waals surface area contributed by atoms with Crippen LogP contribution in [0.4, 0.5) is 10.5 Å². The number of carbonyl (C=O) groups is 2. The van der Waals surface area contributed by atoms with Crippen molar-refractivity contribution in [3.8, 4) is 0 Å². The van der Waals surface area contributed by atoms with Gasteiger partial charge in [-0.15, -0.1) is 0 Å². The molecule has 0 saturated heterocycles. The Bertz CT molecular complexity index is 520. The number of anilines is 1. The molecule has 1 aromatic carbocycles. The number of nitrogens with one attached hydrogen (secondary N) is 2. The molecule has 3 N–H and O–H groups in total. The van der Waals surface area contributed by atoms with Gasteiger partial charge in [0.1, 0.15) is 0 Å². The second-order valence-corrected chi connectivity index (χ2v) is 6.10. The molecule has 1 aromatic rings. The maximum absolute atomic E-state index is 11.9. The Hall–Kier alpha value is -1.56. The van der Waals surface area contributed by atoms with E-state index in [1.807, 2.05) is 6.92 Å². The monoisotopic (exact) mass is 356 g/mol. The first-order chi connectivity index (χ1) is 9.83. The summed E-state index contributed by atoms with van der Waals surface area (Å²) in [4.78, 5) is 22.9. The summed E-state index contributed by atoms with van der Waals surface area (Å²) in [5.74, 6) is -0.498. The number of urea groups is 1. The Morgan fingerprint density at radius 2 is 2.00 bits per heavy atom. The first kappa shape index (κ1) is 17.5. The maximum Gasteiger partial charge on any atom is 0.336 e. The Labute approximate surface area is 133 Å². The standard InChI is InChI=1S/C15H21BrN2O3/c1-4-9(2)7-10(3)17-15(21)18-11-5-6-13(16)12(8-11)14(19)20/h5-6,8-10H,4,7H2,1-3H3,(H,19,20)(H2,17,18,21). The molecule has 0 aliphatic heterocycles. The minimum atomic E-state index is -1.05. The molecule has 0 fully saturated rings. The first-order valence-electron chi connectivity index (χ1n) is 6.93. The summed E-state index contributed by atoms with van der Waals surface area (Å²) in [6.07, 6.45) is 1.98. The number of carboxylic acids is 1. The zero-order valence-corrected chi connectivity index (χ0v) is 14.0. The van der Waals surface area contributed by atoms with Gasteiger partial charge in [-0.2, -0.15) is 0 Å². The molecule has 5 nitrogen and oxygen atoms in total. The van der Waals surface area contributed by atoms with Crippen LogP contribution in [-0.2, 0) is 0 Å². The Balaban J connectivity index is 2.63. The zero-order valence-electron chi connectivity index (χ0n) is 12.4. The van der Waals surface area contributed by atoms with Crippen molar-refractivity contribution in [1.82, 2.24) is 5.32 Å². The van der Waals surface area contributed by atoms with Crippen LogP contribution in [0.15, 0.2) is 22.7 Å². The number of rotatable bonds is 6. The number of amides is 2. The van der Waals surface area contributed by atoms with E-state index in [0.29, 0.717) is 16.1 Å². The summed E-state index contributed by atoms with van der Waals surface area (Å²) in [6, 6.07) is 4.40. The summed E-state index contributed by atoms with van der Waals surface area (Å²) in [5, 5.41) is 14.5. The lowest BCUT2D eigenvalue weighted by molar-refractivity contribution is 0.0696. The molecule has 21 heavy (non-hydrogen) atoms. The normalized spacial score (nSPS) is 13.3. The highest BCUT2D eigenvalue weighted by molar-refractivity contribution is 9.10. The predicted octanol–water partition coefficient (Wildman–Crippen LogP) is 4.09. The molecule has 0 saturated carbocycles. The van der Waals surface area contributed by atoms with E-state index in [9.17, 15) is 9.59 Å². The Morgan fingerprint density at radius 3 is 2.57 bits per heavy atom. The van der Waals surface area contributed by atoms with Crippen LogP contribution in [-0.4, -0.2) is 23.1 Å². The van der Waals surface area contributed by atoms with Gasteiger partial charge in [-0.1, -0.05) is 20.3 Å². The van der Waals surface area contributed by atoms with Crippen molar-refractivity contribution in [3.05, 3.63) is 28.2 Å². The fourth-order valence-electron chi connectivity index (χ4n) is 1.99. The van der Waals surface area contributed by atoms with Gasteiger partial charge in [0.25, 0.3) is 0 Å². The largest absolute Gasteiger partial charge is 0.478 e. The average Bonchev–Trinajstić information content (AvgIpc) is 2.40. The molecule has 116 valence electrons. The molecule has 1 rings (SSSR count). The predicted molar refractivity (Wildman–Crippen MR) is 86.8 cm³/mol. The van der Waals surface area contributed by atoms with Crippen LogP contribution in [0.25, 0.3) is 0 Å². The smallest absolute Gasteiger partial charge is 0.336 e. The van der Waals surface area contributed by atoms with Crippen molar-refractivity contribution < 1.29 is 14.7 Å². The van der Waals surface area contributed by atoms with Crippen LogP contribution in [0.1, 0.15) is 44.0 Å². The van der Waals surface area contributed by atoms with Gasteiger partial charge < -0.3 is 15.7 Å². The Morgan fingerprint density at radius 1 is 1.33 bits per heavy atom. The minimum absolute atomic E-state index is 0.0642. The summed E-state index contributed by atoms with van der Waals surface area (Å²) in [6.45, 7) is 6.21. The van der Waals surface area contributed by atoms with Crippen molar-refractivity contribution in [2.45, 2.75) is 39.7 Å². The molecule has 2 amide bonds. The molecule has 0 heterocycles. The van der Waals surface area contributed by atoms with Crippen LogP contribution >= 0.6 is 15.9 Å². The highest BCUT2D eigenvalue weighted by Gasteiger charge is 2.13. The molecule has 0 bridgehead atoms. The topological polar surface area (TPSA) is 78.4 Å². The molecule has 6 heteroatoms. The number of halogens is 1. The molecule has 0 radical (unpaired) electrons. The van der Waals surface area contributed by atoms with Crippen molar-refractivity contribution in [2.75, 3.05) is 5.32 Å². The Kier molecular flexibility index (Phi) is 6.68. The van der Waals surface area contributed by atoms with Gasteiger partial charge in [-0.25, -0.2) is 9.59 Å². The molecule has 0 aliphatic rings. The molecular formula is C15H21BrN2O3. The van der Waals surface area contributed by atoms with Crippen LogP contribution in [0, 0.1) is 5.92 Å². The lowest BCUT2D eigenvalue weighted by Gasteiger charge is -2.18. The quantitative estimate of drug-likeness (QED) is 0.717. The van der Waals surface area contributed by atoms with Gasteiger partial charge in [0, 0.05) is 16.2 Å². The fourth-order valence-corrected chi connectivity index (χ4v) is 2.40. The van der Waals surface area contributed by atoms with E-state index < -0.39 is 5.97 Å². The van der Waals surface area contributed by atoms with Crippen LogP contribution in [0.3, 0.4) is 0 Å². The van der Waals surface area contributed by atoms with Gasteiger partial charge in [0.2, 0.25) is 0 Å². The molecule has 0 aliphatic carbocycles. The van der Waals surface area contributed by atoms with Crippen molar-refractivity contribution >= 4 is 33.6 Å². The summed E-state index contributed by atoms with van der Waals surface area (Å²) in [7, 11) is 0. The summed E-state index contributed by atoms with van der Waals surface area (Å²) in [5.41, 5.74) is 0.560. The number of carboxylic acid groups (broad SMARTS) is 1. The van der Waals surface area contributed by atoms with Gasteiger partial charge in [0.05, 0.1) is 5.56 Å². The number of hydrogen-bond donors (Lipinski definition) is 3. The van der Waals surface area contributed by atoms with Gasteiger partial charge >= 0.3 is 12.0 Å². The van der Waals surface area contributed by atoms with Gasteiger partial charge in [-0.3, -0.25) is 0 Å². The first-order valence-corrected chi connectivity index (χ1v) is 7.73. The highest BCUT2D eigenvalue weighted by atomic mass is 79.9. The average molecular weight is 357 g/mol. The second-order valence-electron chi connectivity index (χ2n) is 5.25. The van der Waals surface area contributed by atoms with Crippen LogP contribution < -0.4 is 10.6 Å². The lowest BCUT2D eigenvalue weighted by atomic mass is 10.0. The van der Waals surface area contributed by atoms with E-state index in [1.165, 1.54) is 6.07 Å². The lowest BCUT2D eigenvalue weighted by Crippen LogP contribution is -2.37. The van der Waals surface area contributed by atoms with Crippen LogP contribution in [0.2, 0.25) is 0 Å².